The minimum atomic E-state index is 0.562. The van der Waals surface area contributed by atoms with Gasteiger partial charge >= 0.3 is 0 Å². The Morgan fingerprint density at radius 2 is 1.94 bits per heavy atom. The lowest BCUT2D eigenvalue weighted by Crippen LogP contribution is -2.38. The van der Waals surface area contributed by atoms with E-state index in [1.807, 2.05) is 0 Å². The molecular weight excluding hydrogens is 208 g/mol. The number of rotatable bonds is 1. The van der Waals surface area contributed by atoms with Crippen molar-refractivity contribution >= 4 is 5.69 Å². The van der Waals surface area contributed by atoms with Crippen molar-refractivity contribution in [1.82, 2.24) is 5.32 Å². The first-order valence-corrected chi connectivity index (χ1v) is 6.64. The Labute approximate surface area is 105 Å². The topological polar surface area (TPSA) is 15.3 Å². The van der Waals surface area contributed by atoms with E-state index in [4.69, 9.17) is 0 Å². The lowest BCUT2D eigenvalue weighted by molar-refractivity contribution is 0.492. The molecule has 0 bridgehead atoms. The molecule has 2 nitrogen and oxygen atoms in total. The van der Waals surface area contributed by atoms with Crippen molar-refractivity contribution in [3.05, 3.63) is 29.3 Å². The van der Waals surface area contributed by atoms with Crippen LogP contribution in [0, 0.1) is 13.8 Å². The molecule has 0 aliphatic carbocycles. The molecule has 2 atom stereocenters. The predicted molar refractivity (Wildman–Crippen MR) is 74.8 cm³/mol. The van der Waals surface area contributed by atoms with Crippen LogP contribution < -0.4 is 10.2 Å². The monoisotopic (exact) mass is 232 g/mol. The van der Waals surface area contributed by atoms with Crippen LogP contribution in [0.2, 0.25) is 0 Å². The Morgan fingerprint density at radius 1 is 1.18 bits per heavy atom. The van der Waals surface area contributed by atoms with E-state index in [1.165, 1.54) is 23.2 Å². The third kappa shape index (κ3) is 3.01. The van der Waals surface area contributed by atoms with Gasteiger partial charge in [0.15, 0.2) is 0 Å². The molecule has 0 amide bonds. The minimum absolute atomic E-state index is 0.562. The van der Waals surface area contributed by atoms with E-state index in [1.54, 1.807) is 0 Å². The van der Waals surface area contributed by atoms with Gasteiger partial charge in [-0.05, 0) is 51.3 Å². The van der Waals surface area contributed by atoms with Crippen molar-refractivity contribution in [1.29, 1.82) is 0 Å². The number of aryl methyl sites for hydroxylation is 2. The van der Waals surface area contributed by atoms with E-state index in [-0.39, 0.29) is 0 Å². The van der Waals surface area contributed by atoms with Crippen LogP contribution in [0.5, 0.6) is 0 Å². The maximum Gasteiger partial charge on any atom is 0.0399 e. The van der Waals surface area contributed by atoms with Gasteiger partial charge in [0.2, 0.25) is 0 Å². The molecule has 1 aromatic rings. The molecule has 1 N–H and O–H groups in total. The van der Waals surface area contributed by atoms with Gasteiger partial charge in [-0.1, -0.05) is 12.1 Å². The smallest absolute Gasteiger partial charge is 0.0399 e. The second-order valence-electron chi connectivity index (χ2n) is 5.49. The summed E-state index contributed by atoms with van der Waals surface area (Å²) in [4.78, 5) is 2.53. The number of nitrogens with zero attached hydrogens (tertiary/aromatic N) is 1. The van der Waals surface area contributed by atoms with Gasteiger partial charge in [0.25, 0.3) is 0 Å². The molecule has 0 aromatic heterocycles. The molecule has 1 aliphatic rings. The molecule has 0 saturated carbocycles. The lowest BCUT2D eigenvalue weighted by atomic mass is 10.1. The summed E-state index contributed by atoms with van der Waals surface area (Å²) in [6.45, 7) is 11.2. The zero-order chi connectivity index (χ0) is 12.4. The van der Waals surface area contributed by atoms with Crippen LogP contribution in [0.25, 0.3) is 0 Å². The molecule has 0 spiro atoms. The zero-order valence-electron chi connectivity index (χ0n) is 11.5. The summed E-state index contributed by atoms with van der Waals surface area (Å²) < 4.78 is 0. The standard InChI is InChI=1S/C15H24N2/c1-11-5-6-12(2)15(9-11)17-8-7-13(3)16-14(4)10-17/h5-6,9,13-14,16H,7-8,10H2,1-4H3. The highest BCUT2D eigenvalue weighted by molar-refractivity contribution is 5.55. The van der Waals surface area contributed by atoms with E-state index < -0.39 is 0 Å². The highest BCUT2D eigenvalue weighted by atomic mass is 15.2. The lowest BCUT2D eigenvalue weighted by Gasteiger charge is -2.26. The molecule has 0 radical (unpaired) electrons. The van der Waals surface area contributed by atoms with Gasteiger partial charge in [0.05, 0.1) is 0 Å². The summed E-state index contributed by atoms with van der Waals surface area (Å²) in [5, 5.41) is 3.63. The molecule has 2 rings (SSSR count). The van der Waals surface area contributed by atoms with Crippen LogP contribution in [-0.4, -0.2) is 25.2 Å². The number of benzene rings is 1. The summed E-state index contributed by atoms with van der Waals surface area (Å²) >= 11 is 0. The van der Waals surface area contributed by atoms with E-state index in [9.17, 15) is 0 Å². The molecule has 2 heteroatoms. The molecule has 1 fully saturated rings. The Morgan fingerprint density at radius 3 is 2.71 bits per heavy atom. The summed E-state index contributed by atoms with van der Waals surface area (Å²) in [5.74, 6) is 0. The van der Waals surface area contributed by atoms with E-state index in [0.29, 0.717) is 12.1 Å². The van der Waals surface area contributed by atoms with Gasteiger partial charge in [-0.15, -0.1) is 0 Å². The second kappa shape index (κ2) is 5.09. The number of nitrogens with one attached hydrogen (secondary N) is 1. The van der Waals surface area contributed by atoms with Crippen molar-refractivity contribution in [3.63, 3.8) is 0 Å². The van der Waals surface area contributed by atoms with Gasteiger partial charge < -0.3 is 10.2 Å². The Bertz CT molecular complexity index is 387. The Balaban J connectivity index is 2.23. The maximum atomic E-state index is 3.63. The number of hydrogen-bond donors (Lipinski definition) is 1. The normalized spacial score (nSPS) is 25.8. The fourth-order valence-electron chi connectivity index (χ4n) is 2.67. The SMILES string of the molecule is Cc1ccc(C)c(N2CCC(C)NC(C)C2)c1. The van der Waals surface area contributed by atoms with Crippen LogP contribution in [-0.2, 0) is 0 Å². The van der Waals surface area contributed by atoms with Gasteiger partial charge in [-0.2, -0.15) is 0 Å². The van der Waals surface area contributed by atoms with Crippen molar-refractivity contribution in [2.24, 2.45) is 0 Å². The van der Waals surface area contributed by atoms with Crippen LogP contribution >= 0.6 is 0 Å². The quantitative estimate of drug-likeness (QED) is 0.801. The third-order valence-corrected chi connectivity index (χ3v) is 3.60. The highest BCUT2D eigenvalue weighted by Gasteiger charge is 2.19. The summed E-state index contributed by atoms with van der Waals surface area (Å²) in [6.07, 6.45) is 1.22. The van der Waals surface area contributed by atoms with Crippen LogP contribution in [0.3, 0.4) is 0 Å². The van der Waals surface area contributed by atoms with Crippen LogP contribution in [0.1, 0.15) is 31.4 Å². The van der Waals surface area contributed by atoms with Gasteiger partial charge in [0, 0.05) is 30.9 Å². The number of anilines is 1. The average molecular weight is 232 g/mol. The van der Waals surface area contributed by atoms with Gasteiger partial charge in [0.1, 0.15) is 0 Å². The van der Waals surface area contributed by atoms with E-state index >= 15 is 0 Å². The molecule has 1 heterocycles. The van der Waals surface area contributed by atoms with Gasteiger partial charge in [-0.3, -0.25) is 0 Å². The fraction of sp³-hybridized carbons (Fsp3) is 0.600. The fourth-order valence-corrected chi connectivity index (χ4v) is 2.67. The maximum absolute atomic E-state index is 3.63. The molecular formula is C15H24N2. The zero-order valence-corrected chi connectivity index (χ0v) is 11.5. The first-order chi connectivity index (χ1) is 8.06. The van der Waals surface area contributed by atoms with Crippen LogP contribution in [0.15, 0.2) is 18.2 Å². The first-order valence-electron chi connectivity index (χ1n) is 6.64. The predicted octanol–water partition coefficient (Wildman–Crippen LogP) is 2.88. The third-order valence-electron chi connectivity index (χ3n) is 3.60. The van der Waals surface area contributed by atoms with Crippen molar-refractivity contribution in [3.8, 4) is 0 Å². The Hall–Kier alpha value is -1.02. The van der Waals surface area contributed by atoms with Crippen molar-refractivity contribution in [2.45, 2.75) is 46.2 Å². The summed E-state index contributed by atoms with van der Waals surface area (Å²) in [7, 11) is 0. The largest absolute Gasteiger partial charge is 0.370 e. The number of hydrogen-bond acceptors (Lipinski definition) is 2. The minimum Gasteiger partial charge on any atom is -0.370 e. The summed E-state index contributed by atoms with van der Waals surface area (Å²) in [6, 6.07) is 7.93. The molecule has 17 heavy (non-hydrogen) atoms. The molecule has 94 valence electrons. The van der Waals surface area contributed by atoms with Crippen molar-refractivity contribution < 1.29 is 0 Å². The van der Waals surface area contributed by atoms with Crippen LogP contribution in [0.4, 0.5) is 5.69 Å². The molecule has 1 aliphatic heterocycles. The second-order valence-corrected chi connectivity index (χ2v) is 5.49. The first kappa shape index (κ1) is 12.4. The highest BCUT2D eigenvalue weighted by Crippen LogP contribution is 2.23. The summed E-state index contributed by atoms with van der Waals surface area (Å²) in [5.41, 5.74) is 4.15. The van der Waals surface area contributed by atoms with Crippen molar-refractivity contribution in [2.75, 3.05) is 18.0 Å². The molecule has 2 unspecified atom stereocenters. The average Bonchev–Trinajstić information content (AvgIpc) is 2.43. The molecule has 1 saturated heterocycles. The van der Waals surface area contributed by atoms with Gasteiger partial charge in [-0.25, -0.2) is 0 Å². The Kier molecular flexibility index (Phi) is 3.72. The van der Waals surface area contributed by atoms with E-state index in [2.05, 4.69) is 56.1 Å². The van der Waals surface area contributed by atoms with E-state index in [0.717, 1.165) is 13.1 Å². The molecule has 1 aromatic carbocycles.